The van der Waals surface area contributed by atoms with E-state index < -0.39 is 65.9 Å². The van der Waals surface area contributed by atoms with Crippen LogP contribution in [0.1, 0.15) is 78.7 Å². The van der Waals surface area contributed by atoms with Gasteiger partial charge in [0.2, 0.25) is 0 Å². The van der Waals surface area contributed by atoms with Crippen molar-refractivity contribution in [2.45, 2.75) is 110 Å². The lowest BCUT2D eigenvalue weighted by Gasteiger charge is -2.43. The normalized spacial score (nSPS) is 19.6. The smallest absolute Gasteiger partial charge is 0.410 e. The van der Waals surface area contributed by atoms with E-state index in [0.29, 0.717) is 38.4 Å². The van der Waals surface area contributed by atoms with Crippen molar-refractivity contribution in [2.75, 3.05) is 39.1 Å². The van der Waals surface area contributed by atoms with Crippen molar-refractivity contribution in [3.8, 4) is 11.3 Å². The Balaban J connectivity index is 1.70. The number of imidazole rings is 1. The maximum absolute atomic E-state index is 15.5. The third-order valence-corrected chi connectivity index (χ3v) is 16.3. The average molecular weight is 847 g/mol. The summed E-state index contributed by atoms with van der Waals surface area (Å²) in [5.41, 5.74) is 0.255. The molecule has 0 spiro atoms. The van der Waals surface area contributed by atoms with Crippen molar-refractivity contribution in [2.24, 2.45) is 11.8 Å². The molecule has 2 amide bonds. The number of amides is 2. The van der Waals surface area contributed by atoms with Crippen LogP contribution in [0, 0.1) is 23.5 Å². The molecule has 3 aromatic rings. The van der Waals surface area contributed by atoms with Gasteiger partial charge in [-0.15, -0.1) is 0 Å². The predicted molar refractivity (Wildman–Crippen MR) is 220 cm³/mol. The minimum absolute atomic E-state index is 0.0308. The Morgan fingerprint density at radius 3 is 2.28 bits per heavy atom. The van der Waals surface area contributed by atoms with Crippen LogP contribution in [-0.4, -0.2) is 105 Å². The van der Waals surface area contributed by atoms with Gasteiger partial charge in [-0.05, 0) is 88.3 Å². The zero-order chi connectivity index (χ0) is 42.8. The van der Waals surface area contributed by atoms with Crippen LogP contribution in [0.2, 0.25) is 18.1 Å². The SMILES string of the molecule is C[C@H](O[Si](C)(C)C(C)(C)C)C(=O)N(C[C@@H]1CN(C(=O)OC(C)(C)C)C[C@H]1OS(C)(=O)=O)[C@@H](c1nc(-c2cc(F)ccc2F)cn1Cc1ccccc1)C1CCOCC1. The van der Waals surface area contributed by atoms with Gasteiger partial charge in [-0.1, -0.05) is 51.1 Å². The van der Waals surface area contributed by atoms with Crippen LogP contribution >= 0.6 is 0 Å². The van der Waals surface area contributed by atoms with Gasteiger partial charge in [0.05, 0.1) is 24.5 Å². The molecule has 1 aromatic heterocycles. The molecule has 0 radical (unpaired) electrons. The highest BCUT2D eigenvalue weighted by Gasteiger charge is 2.47. The fourth-order valence-electron chi connectivity index (χ4n) is 7.35. The lowest BCUT2D eigenvalue weighted by atomic mass is 9.88. The van der Waals surface area contributed by atoms with E-state index in [1.54, 1.807) is 38.8 Å². The number of hydrogen-bond acceptors (Lipinski definition) is 9. The Morgan fingerprint density at radius 1 is 1.02 bits per heavy atom. The molecular weight excluding hydrogens is 787 g/mol. The molecule has 2 saturated heterocycles. The van der Waals surface area contributed by atoms with Crippen LogP contribution in [0.15, 0.2) is 54.7 Å². The van der Waals surface area contributed by atoms with Gasteiger partial charge in [-0.3, -0.25) is 8.98 Å². The molecule has 0 bridgehead atoms. The van der Waals surface area contributed by atoms with E-state index in [4.69, 9.17) is 23.1 Å². The highest BCUT2D eigenvalue weighted by atomic mass is 32.2. The number of likely N-dealkylation sites (tertiary alicyclic amines) is 1. The van der Waals surface area contributed by atoms with Crippen molar-refractivity contribution in [1.29, 1.82) is 0 Å². The second-order valence-corrected chi connectivity index (χ2v) is 24.5. The summed E-state index contributed by atoms with van der Waals surface area (Å²) < 4.78 is 81.2. The summed E-state index contributed by atoms with van der Waals surface area (Å²) in [7, 11) is -6.53. The molecule has 2 aromatic carbocycles. The second-order valence-electron chi connectivity index (χ2n) is 18.1. The summed E-state index contributed by atoms with van der Waals surface area (Å²) >= 11 is 0. The number of ether oxygens (including phenoxy) is 2. The number of benzene rings is 2. The quantitative estimate of drug-likeness (QED) is 0.125. The van der Waals surface area contributed by atoms with Crippen LogP contribution in [-0.2, 0) is 39.5 Å². The van der Waals surface area contributed by atoms with Crippen LogP contribution in [0.5, 0.6) is 0 Å². The van der Waals surface area contributed by atoms with Crippen molar-refractivity contribution in [1.82, 2.24) is 19.4 Å². The Kier molecular flexibility index (Phi) is 14.0. The lowest BCUT2D eigenvalue weighted by Crippen LogP contribution is -2.52. The molecule has 0 unspecified atom stereocenters. The summed E-state index contributed by atoms with van der Waals surface area (Å²) in [6.07, 6.45) is 1.16. The molecular formula is C42H60F2N4O8SSi. The second kappa shape index (κ2) is 17.9. The molecule has 0 aliphatic carbocycles. The molecule has 12 nitrogen and oxygen atoms in total. The lowest BCUT2D eigenvalue weighted by molar-refractivity contribution is -0.145. The van der Waals surface area contributed by atoms with E-state index in [0.717, 1.165) is 30.0 Å². The zero-order valence-corrected chi connectivity index (χ0v) is 37.3. The van der Waals surface area contributed by atoms with E-state index >= 15 is 9.18 Å². The van der Waals surface area contributed by atoms with E-state index in [-0.39, 0.29) is 47.8 Å². The first-order valence-electron chi connectivity index (χ1n) is 19.9. The van der Waals surface area contributed by atoms with E-state index in [9.17, 15) is 17.6 Å². The Labute approximate surface area is 343 Å². The van der Waals surface area contributed by atoms with Crippen LogP contribution in [0.4, 0.5) is 13.6 Å². The van der Waals surface area contributed by atoms with E-state index in [2.05, 4.69) is 33.9 Å². The van der Waals surface area contributed by atoms with Crippen molar-refractivity contribution >= 4 is 30.4 Å². The third-order valence-electron chi connectivity index (χ3n) is 11.2. The summed E-state index contributed by atoms with van der Waals surface area (Å²) in [5, 5.41) is -0.226. The number of carbonyl (C=O) groups is 2. The van der Waals surface area contributed by atoms with Crippen LogP contribution < -0.4 is 0 Å². The first-order chi connectivity index (χ1) is 26.9. The minimum atomic E-state index is -4.01. The number of carbonyl (C=O) groups excluding carboxylic acids is 2. The molecule has 58 heavy (non-hydrogen) atoms. The van der Waals surface area contributed by atoms with Gasteiger partial charge in [-0.25, -0.2) is 18.6 Å². The first kappa shape index (κ1) is 45.4. The molecule has 16 heteroatoms. The Hall–Kier alpha value is -3.70. The van der Waals surface area contributed by atoms with Gasteiger partial charge in [0.25, 0.3) is 16.0 Å². The molecule has 4 atom stereocenters. The standard InChI is InChI=1S/C42H60F2N4O8SSi/c1-28(56-58(9,10)42(5,6)7)39(49)48(25-31-24-47(40(50)54-41(2,3)4)27-36(31)55-57(8,51)52)37(30-18-20-53-21-19-30)38-45-35(33-22-32(43)16-17-34(33)44)26-46(38)23-29-14-12-11-13-15-29/h11-17,22,26,28,30-31,36-37H,18-21,23-25,27H2,1-10H3/t28-,31-,36+,37+/m0/s1. The van der Waals surface area contributed by atoms with E-state index in [1.807, 2.05) is 34.9 Å². The molecule has 2 fully saturated rings. The van der Waals surface area contributed by atoms with E-state index in [1.165, 1.54) is 4.90 Å². The molecule has 2 aliphatic heterocycles. The van der Waals surface area contributed by atoms with Gasteiger partial charge >= 0.3 is 6.09 Å². The Morgan fingerprint density at radius 2 is 1.67 bits per heavy atom. The fourth-order valence-corrected chi connectivity index (χ4v) is 9.36. The minimum Gasteiger partial charge on any atom is -0.444 e. The van der Waals surface area contributed by atoms with Gasteiger partial charge in [-0.2, -0.15) is 8.42 Å². The van der Waals surface area contributed by atoms with Crippen LogP contribution in [0.25, 0.3) is 11.3 Å². The number of hydrogen-bond donors (Lipinski definition) is 0. The van der Waals surface area contributed by atoms with Crippen molar-refractivity contribution < 1.29 is 44.9 Å². The van der Waals surface area contributed by atoms with Gasteiger partial charge < -0.3 is 28.3 Å². The average Bonchev–Trinajstić information content (AvgIpc) is 3.71. The summed E-state index contributed by atoms with van der Waals surface area (Å²) in [4.78, 5) is 36.9. The monoisotopic (exact) mass is 846 g/mol. The zero-order valence-electron chi connectivity index (χ0n) is 35.5. The molecule has 5 rings (SSSR count). The number of aromatic nitrogens is 2. The molecule has 320 valence electrons. The highest BCUT2D eigenvalue weighted by molar-refractivity contribution is 7.86. The maximum atomic E-state index is 15.5. The third kappa shape index (κ3) is 11.5. The summed E-state index contributed by atoms with van der Waals surface area (Å²) in [6.45, 7) is 18.4. The molecule has 0 saturated carbocycles. The Bertz CT molecular complexity index is 2010. The molecule has 0 N–H and O–H groups in total. The largest absolute Gasteiger partial charge is 0.444 e. The summed E-state index contributed by atoms with van der Waals surface area (Å²) in [6, 6.07) is 12.1. The fraction of sp³-hybridized carbons (Fsp3) is 0.595. The van der Waals surface area contributed by atoms with Crippen molar-refractivity contribution in [3.63, 3.8) is 0 Å². The summed E-state index contributed by atoms with van der Waals surface area (Å²) in [5.74, 6) is -2.12. The maximum Gasteiger partial charge on any atom is 0.410 e. The highest BCUT2D eigenvalue weighted by Crippen LogP contribution is 2.41. The number of halogens is 2. The first-order valence-corrected chi connectivity index (χ1v) is 24.6. The van der Waals surface area contributed by atoms with Crippen molar-refractivity contribution in [3.05, 3.63) is 77.8 Å². The number of rotatable bonds is 13. The molecule has 3 heterocycles. The molecule has 2 aliphatic rings. The topological polar surface area (TPSA) is 129 Å². The van der Waals surface area contributed by atoms with Gasteiger partial charge in [0.15, 0.2) is 8.32 Å². The van der Waals surface area contributed by atoms with Gasteiger partial charge in [0.1, 0.15) is 35.3 Å². The predicted octanol–water partition coefficient (Wildman–Crippen LogP) is 7.79. The van der Waals surface area contributed by atoms with Crippen LogP contribution in [0.3, 0.4) is 0 Å². The van der Waals surface area contributed by atoms with Gasteiger partial charge in [0, 0.05) is 50.5 Å². The number of nitrogens with zero attached hydrogens (tertiary/aromatic N) is 4.